The van der Waals surface area contributed by atoms with Crippen LogP contribution in [0.1, 0.15) is 15.9 Å². The number of amides is 1. The number of carbonyl (C=O) groups excluding carboxylic acids is 1. The molecule has 2 heterocycles. The number of hydrogen-bond acceptors (Lipinski definition) is 6. The lowest BCUT2D eigenvalue weighted by molar-refractivity contribution is 0.0624. The largest absolute Gasteiger partial charge is 0.496 e. The van der Waals surface area contributed by atoms with E-state index < -0.39 is 0 Å². The maximum Gasteiger partial charge on any atom is 0.257 e. The van der Waals surface area contributed by atoms with E-state index in [2.05, 4.69) is 15.2 Å². The lowest BCUT2D eigenvalue weighted by Gasteiger charge is -2.35. The van der Waals surface area contributed by atoms with Crippen LogP contribution in [0.2, 0.25) is 0 Å². The van der Waals surface area contributed by atoms with Crippen molar-refractivity contribution in [2.75, 3.05) is 52.8 Å². The zero-order chi connectivity index (χ0) is 19.2. The molecule has 144 valence electrons. The van der Waals surface area contributed by atoms with Gasteiger partial charge in [-0.15, -0.1) is 0 Å². The van der Waals surface area contributed by atoms with Crippen molar-refractivity contribution in [2.45, 2.75) is 6.54 Å². The van der Waals surface area contributed by atoms with Crippen molar-refractivity contribution in [1.82, 2.24) is 14.8 Å². The number of pyridine rings is 1. The fourth-order valence-corrected chi connectivity index (χ4v) is 3.27. The number of piperazine rings is 1. The number of rotatable bonds is 6. The molecule has 7 heteroatoms. The van der Waals surface area contributed by atoms with Crippen molar-refractivity contribution in [3.63, 3.8) is 0 Å². The van der Waals surface area contributed by atoms with Crippen LogP contribution in [-0.2, 0) is 6.54 Å². The molecule has 1 aromatic carbocycles. The van der Waals surface area contributed by atoms with Crippen molar-refractivity contribution in [2.24, 2.45) is 0 Å². The average molecular weight is 370 g/mol. The average Bonchev–Trinajstić information content (AvgIpc) is 2.73. The minimum Gasteiger partial charge on any atom is -0.496 e. The summed E-state index contributed by atoms with van der Waals surface area (Å²) in [5.41, 5.74) is 2.57. The van der Waals surface area contributed by atoms with Crippen LogP contribution in [0, 0.1) is 0 Å². The van der Waals surface area contributed by atoms with E-state index in [1.807, 2.05) is 42.3 Å². The van der Waals surface area contributed by atoms with Crippen LogP contribution in [0.3, 0.4) is 0 Å². The van der Waals surface area contributed by atoms with Gasteiger partial charge in [-0.25, -0.2) is 4.98 Å². The van der Waals surface area contributed by atoms with E-state index in [0.29, 0.717) is 30.3 Å². The van der Waals surface area contributed by atoms with Crippen LogP contribution in [0.25, 0.3) is 0 Å². The Labute approximate surface area is 159 Å². The molecule has 1 amide bonds. The molecule has 7 nitrogen and oxygen atoms in total. The number of anilines is 1. The standard InChI is InChI=1S/C20H26N4O3/c1-21-16-6-7-17(18(13-16)26-2)20(25)24-11-9-23(10-12-24)14-15-5-4-8-22-19(15)27-3/h4-8,13,21H,9-12,14H2,1-3H3. The molecule has 0 spiro atoms. The Bertz CT molecular complexity index is 789. The third kappa shape index (κ3) is 4.31. The molecule has 0 saturated carbocycles. The highest BCUT2D eigenvalue weighted by molar-refractivity contribution is 5.97. The molecule has 1 aromatic heterocycles. The summed E-state index contributed by atoms with van der Waals surface area (Å²) in [5, 5.41) is 3.06. The minimum atomic E-state index is 0.00751. The van der Waals surface area contributed by atoms with Gasteiger partial charge >= 0.3 is 0 Å². The molecule has 0 aliphatic carbocycles. The van der Waals surface area contributed by atoms with Gasteiger partial charge in [-0.05, 0) is 18.2 Å². The smallest absolute Gasteiger partial charge is 0.257 e. The molecule has 0 radical (unpaired) electrons. The zero-order valence-corrected chi connectivity index (χ0v) is 16.1. The number of aromatic nitrogens is 1. The minimum absolute atomic E-state index is 0.00751. The Balaban J connectivity index is 1.63. The molecule has 27 heavy (non-hydrogen) atoms. The number of benzene rings is 1. The Morgan fingerprint density at radius 3 is 2.59 bits per heavy atom. The highest BCUT2D eigenvalue weighted by atomic mass is 16.5. The molecule has 2 aromatic rings. The van der Waals surface area contributed by atoms with E-state index in [4.69, 9.17) is 9.47 Å². The summed E-state index contributed by atoms with van der Waals surface area (Å²) in [6.45, 7) is 3.73. The summed E-state index contributed by atoms with van der Waals surface area (Å²) in [6, 6.07) is 9.50. The van der Waals surface area contributed by atoms with Crippen molar-refractivity contribution in [3.8, 4) is 11.6 Å². The van der Waals surface area contributed by atoms with Gasteiger partial charge in [0.15, 0.2) is 0 Å². The number of methoxy groups -OCH3 is 2. The van der Waals surface area contributed by atoms with E-state index in [1.165, 1.54) is 0 Å². The van der Waals surface area contributed by atoms with E-state index >= 15 is 0 Å². The van der Waals surface area contributed by atoms with Crippen LogP contribution >= 0.6 is 0 Å². The number of nitrogens with one attached hydrogen (secondary N) is 1. The number of ether oxygens (including phenoxy) is 2. The number of hydrogen-bond donors (Lipinski definition) is 1. The molecule has 1 aliphatic rings. The molecule has 1 aliphatic heterocycles. The van der Waals surface area contributed by atoms with E-state index in [-0.39, 0.29) is 5.91 Å². The SMILES string of the molecule is CNc1ccc(C(=O)N2CCN(Cc3cccnc3OC)CC2)c(OC)c1. The van der Waals surface area contributed by atoms with Gasteiger partial charge in [-0.2, -0.15) is 0 Å². The van der Waals surface area contributed by atoms with E-state index in [0.717, 1.165) is 30.9 Å². The second-order valence-corrected chi connectivity index (χ2v) is 6.41. The molecule has 1 saturated heterocycles. The van der Waals surface area contributed by atoms with Crippen LogP contribution in [-0.4, -0.2) is 68.1 Å². The quantitative estimate of drug-likeness (QED) is 0.840. The fraction of sp³-hybridized carbons (Fsp3) is 0.400. The van der Waals surface area contributed by atoms with Crippen LogP contribution in [0.15, 0.2) is 36.5 Å². The molecule has 0 unspecified atom stereocenters. The Hall–Kier alpha value is -2.80. The molecule has 0 atom stereocenters. The van der Waals surface area contributed by atoms with Gasteiger partial charge in [0.2, 0.25) is 5.88 Å². The maximum absolute atomic E-state index is 12.9. The van der Waals surface area contributed by atoms with Gasteiger partial charge in [0, 0.05) is 63.3 Å². The molecule has 0 bridgehead atoms. The first-order chi connectivity index (χ1) is 13.2. The predicted octanol–water partition coefficient (Wildman–Crippen LogP) is 2.10. The van der Waals surface area contributed by atoms with Crippen molar-refractivity contribution in [1.29, 1.82) is 0 Å². The van der Waals surface area contributed by atoms with Gasteiger partial charge in [0.05, 0.1) is 19.8 Å². The molecule has 3 rings (SSSR count). The van der Waals surface area contributed by atoms with E-state index in [1.54, 1.807) is 20.4 Å². The van der Waals surface area contributed by atoms with Crippen molar-refractivity contribution < 1.29 is 14.3 Å². The second-order valence-electron chi connectivity index (χ2n) is 6.41. The lowest BCUT2D eigenvalue weighted by atomic mass is 10.1. The second kappa shape index (κ2) is 8.73. The topological polar surface area (TPSA) is 66.9 Å². The van der Waals surface area contributed by atoms with Gasteiger partial charge < -0.3 is 19.7 Å². The third-order valence-electron chi connectivity index (χ3n) is 4.82. The van der Waals surface area contributed by atoms with Gasteiger partial charge in [-0.1, -0.05) is 6.07 Å². The summed E-state index contributed by atoms with van der Waals surface area (Å²) in [7, 11) is 5.06. The highest BCUT2D eigenvalue weighted by Crippen LogP contribution is 2.25. The number of nitrogens with zero attached hydrogens (tertiary/aromatic N) is 3. The monoisotopic (exact) mass is 370 g/mol. The van der Waals surface area contributed by atoms with Crippen LogP contribution in [0.4, 0.5) is 5.69 Å². The molecule has 1 N–H and O–H groups in total. The lowest BCUT2D eigenvalue weighted by Crippen LogP contribution is -2.48. The van der Waals surface area contributed by atoms with E-state index in [9.17, 15) is 4.79 Å². The first-order valence-electron chi connectivity index (χ1n) is 9.01. The van der Waals surface area contributed by atoms with Crippen LogP contribution < -0.4 is 14.8 Å². The summed E-state index contributed by atoms with van der Waals surface area (Å²) in [4.78, 5) is 21.4. The van der Waals surface area contributed by atoms with Crippen molar-refractivity contribution >= 4 is 11.6 Å². The zero-order valence-electron chi connectivity index (χ0n) is 16.1. The normalized spacial score (nSPS) is 14.7. The molecular formula is C20H26N4O3. The Morgan fingerprint density at radius 1 is 1.15 bits per heavy atom. The summed E-state index contributed by atoms with van der Waals surface area (Å²) < 4.78 is 10.7. The Kier molecular flexibility index (Phi) is 6.13. The molecular weight excluding hydrogens is 344 g/mol. The summed E-state index contributed by atoms with van der Waals surface area (Å²) >= 11 is 0. The predicted molar refractivity (Wildman–Crippen MR) is 105 cm³/mol. The maximum atomic E-state index is 12.9. The highest BCUT2D eigenvalue weighted by Gasteiger charge is 2.25. The van der Waals surface area contributed by atoms with Gasteiger partial charge in [0.25, 0.3) is 5.91 Å². The fourth-order valence-electron chi connectivity index (χ4n) is 3.27. The number of carbonyl (C=O) groups is 1. The summed E-state index contributed by atoms with van der Waals surface area (Å²) in [6.07, 6.45) is 1.73. The third-order valence-corrected chi connectivity index (χ3v) is 4.82. The van der Waals surface area contributed by atoms with Gasteiger partial charge in [0.1, 0.15) is 5.75 Å². The van der Waals surface area contributed by atoms with Gasteiger partial charge in [-0.3, -0.25) is 9.69 Å². The summed E-state index contributed by atoms with van der Waals surface area (Å²) in [5.74, 6) is 1.26. The van der Waals surface area contributed by atoms with Crippen molar-refractivity contribution in [3.05, 3.63) is 47.7 Å². The Morgan fingerprint density at radius 2 is 1.93 bits per heavy atom. The van der Waals surface area contributed by atoms with Crippen LogP contribution in [0.5, 0.6) is 11.6 Å². The molecule has 1 fully saturated rings. The first-order valence-corrected chi connectivity index (χ1v) is 9.01. The first kappa shape index (κ1) is 19.0.